The van der Waals surface area contributed by atoms with Crippen LogP contribution in [0.1, 0.15) is 34.4 Å². The summed E-state index contributed by atoms with van der Waals surface area (Å²) in [6, 6.07) is 3.72. The summed E-state index contributed by atoms with van der Waals surface area (Å²) in [5, 5.41) is 4.47. The van der Waals surface area contributed by atoms with Crippen molar-refractivity contribution in [2.45, 2.75) is 26.2 Å². The summed E-state index contributed by atoms with van der Waals surface area (Å²) >= 11 is 1.35. The molecule has 0 spiro atoms. The molecular formula is C16H17N5O2S. The number of thiazole rings is 1. The first-order valence-corrected chi connectivity index (χ1v) is 8.81. The van der Waals surface area contributed by atoms with Crippen molar-refractivity contribution in [3.05, 3.63) is 35.1 Å². The van der Waals surface area contributed by atoms with E-state index in [9.17, 15) is 4.79 Å². The third kappa shape index (κ3) is 3.01. The number of piperidine rings is 1. The van der Waals surface area contributed by atoms with E-state index in [1.54, 1.807) is 13.1 Å². The van der Waals surface area contributed by atoms with Crippen LogP contribution >= 0.6 is 11.3 Å². The number of hydrogen-bond acceptors (Lipinski definition) is 7. The van der Waals surface area contributed by atoms with Gasteiger partial charge in [-0.1, -0.05) is 16.5 Å². The largest absolute Gasteiger partial charge is 0.340 e. The molecular weight excluding hydrogens is 326 g/mol. The molecule has 4 rings (SSSR count). The molecule has 24 heavy (non-hydrogen) atoms. The molecule has 1 saturated heterocycles. The molecule has 0 N–H and O–H groups in total. The van der Waals surface area contributed by atoms with E-state index in [2.05, 4.69) is 20.1 Å². The van der Waals surface area contributed by atoms with Gasteiger partial charge < -0.3 is 9.42 Å². The van der Waals surface area contributed by atoms with E-state index in [1.807, 2.05) is 17.0 Å². The zero-order valence-electron chi connectivity index (χ0n) is 13.3. The molecule has 1 aliphatic rings. The molecule has 1 fully saturated rings. The van der Waals surface area contributed by atoms with Gasteiger partial charge >= 0.3 is 0 Å². The van der Waals surface area contributed by atoms with Gasteiger partial charge in [-0.2, -0.15) is 4.98 Å². The Balaban J connectivity index is 1.47. The van der Waals surface area contributed by atoms with Gasteiger partial charge in [-0.05, 0) is 30.9 Å². The van der Waals surface area contributed by atoms with E-state index in [1.165, 1.54) is 11.3 Å². The van der Waals surface area contributed by atoms with Gasteiger partial charge in [-0.3, -0.25) is 4.79 Å². The number of amides is 1. The smallest absolute Gasteiger partial charge is 0.282 e. The van der Waals surface area contributed by atoms with Crippen molar-refractivity contribution in [2.75, 3.05) is 13.1 Å². The number of nitrogens with zero attached hydrogens (tertiary/aromatic N) is 5. The molecule has 3 aromatic heterocycles. The highest BCUT2D eigenvalue weighted by Gasteiger charge is 2.27. The Bertz CT molecular complexity index is 841. The number of carbonyl (C=O) groups excluding carboxylic acids is 1. The van der Waals surface area contributed by atoms with E-state index in [-0.39, 0.29) is 5.91 Å². The second-order valence-electron chi connectivity index (χ2n) is 6.04. The van der Waals surface area contributed by atoms with Crippen LogP contribution < -0.4 is 0 Å². The van der Waals surface area contributed by atoms with Crippen molar-refractivity contribution >= 4 is 27.6 Å². The lowest BCUT2D eigenvalue weighted by molar-refractivity contribution is 0.0671. The highest BCUT2D eigenvalue weighted by Crippen LogP contribution is 2.25. The predicted molar refractivity (Wildman–Crippen MR) is 88.8 cm³/mol. The third-order valence-corrected chi connectivity index (χ3v) is 5.16. The van der Waals surface area contributed by atoms with Crippen molar-refractivity contribution in [3.63, 3.8) is 0 Å². The lowest BCUT2D eigenvalue weighted by Crippen LogP contribution is -2.40. The van der Waals surface area contributed by atoms with Crippen molar-refractivity contribution in [3.8, 4) is 0 Å². The summed E-state index contributed by atoms with van der Waals surface area (Å²) in [7, 11) is 0. The zero-order valence-corrected chi connectivity index (χ0v) is 14.1. The second kappa shape index (κ2) is 6.27. The third-order valence-electron chi connectivity index (χ3n) is 4.20. The molecule has 1 aliphatic heterocycles. The van der Waals surface area contributed by atoms with E-state index in [0.29, 0.717) is 23.4 Å². The molecule has 8 heteroatoms. The van der Waals surface area contributed by atoms with E-state index >= 15 is 0 Å². The van der Waals surface area contributed by atoms with Gasteiger partial charge in [-0.15, -0.1) is 0 Å². The lowest BCUT2D eigenvalue weighted by atomic mass is 9.94. The molecule has 0 radical (unpaired) electrons. The molecule has 7 nitrogen and oxygen atoms in total. The molecule has 124 valence electrons. The average molecular weight is 343 g/mol. The highest BCUT2D eigenvalue weighted by atomic mass is 32.1. The topological polar surface area (TPSA) is 85.0 Å². The molecule has 0 aliphatic carbocycles. The monoisotopic (exact) mass is 343 g/mol. The molecule has 1 amide bonds. The first-order chi connectivity index (χ1) is 11.7. The Hall–Kier alpha value is -2.35. The van der Waals surface area contributed by atoms with Gasteiger partial charge in [0, 0.05) is 32.6 Å². The van der Waals surface area contributed by atoms with Crippen LogP contribution in [0.25, 0.3) is 10.3 Å². The Morgan fingerprint density at radius 2 is 2.38 bits per heavy atom. The Morgan fingerprint density at radius 3 is 3.17 bits per heavy atom. The normalized spacial score (nSPS) is 18.2. The molecule has 1 atom stereocenters. The summed E-state index contributed by atoms with van der Waals surface area (Å²) in [6.45, 7) is 3.26. The first-order valence-electron chi connectivity index (χ1n) is 7.99. The summed E-state index contributed by atoms with van der Waals surface area (Å²) in [5.74, 6) is 1.64. The Morgan fingerprint density at radius 1 is 1.46 bits per heavy atom. The minimum Gasteiger partial charge on any atom is -0.340 e. The maximum Gasteiger partial charge on any atom is 0.282 e. The van der Waals surface area contributed by atoms with Crippen molar-refractivity contribution in [1.82, 2.24) is 25.0 Å². The fourth-order valence-corrected chi connectivity index (χ4v) is 3.97. The fourth-order valence-electron chi connectivity index (χ4n) is 3.10. The number of hydrogen-bond donors (Lipinski definition) is 0. The number of pyridine rings is 1. The number of rotatable bonds is 3. The zero-order chi connectivity index (χ0) is 16.5. The van der Waals surface area contributed by atoms with E-state index < -0.39 is 0 Å². The van der Waals surface area contributed by atoms with Crippen LogP contribution in [-0.4, -0.2) is 44.0 Å². The maximum atomic E-state index is 12.8. The second-order valence-corrected chi connectivity index (χ2v) is 7.02. The standard InChI is InChI=1S/C16H17N5O2S/c1-10-18-13(20-23-10)8-11-4-3-7-21(9-11)16(22)15-19-12-5-2-6-17-14(12)24-15/h2,5-6,11H,3-4,7-9H2,1H3. The number of aryl methyl sites for hydroxylation is 1. The molecule has 3 aromatic rings. The lowest BCUT2D eigenvalue weighted by Gasteiger charge is -2.31. The van der Waals surface area contributed by atoms with E-state index in [4.69, 9.17) is 4.52 Å². The SMILES string of the molecule is Cc1nc(CC2CCCN(C(=O)c3nc4cccnc4s3)C2)no1. The number of likely N-dealkylation sites (tertiary alicyclic amines) is 1. The van der Waals surface area contributed by atoms with Gasteiger partial charge in [0.1, 0.15) is 10.3 Å². The molecule has 1 unspecified atom stereocenters. The van der Waals surface area contributed by atoms with Gasteiger partial charge in [0.05, 0.1) is 0 Å². The Kier molecular flexibility index (Phi) is 3.97. The molecule has 0 aromatic carbocycles. The summed E-state index contributed by atoms with van der Waals surface area (Å²) < 4.78 is 5.03. The van der Waals surface area contributed by atoms with Crippen LogP contribution in [0.2, 0.25) is 0 Å². The Labute approximate surface area is 142 Å². The van der Waals surface area contributed by atoms with Crippen molar-refractivity contribution in [1.29, 1.82) is 0 Å². The minimum atomic E-state index is -0.00741. The van der Waals surface area contributed by atoms with Gasteiger partial charge in [-0.25, -0.2) is 9.97 Å². The molecule has 4 heterocycles. The number of carbonyl (C=O) groups is 1. The predicted octanol–water partition coefficient (Wildman–Crippen LogP) is 2.48. The summed E-state index contributed by atoms with van der Waals surface area (Å²) in [6.07, 6.45) is 4.51. The highest BCUT2D eigenvalue weighted by molar-refractivity contribution is 7.19. The quantitative estimate of drug-likeness (QED) is 0.726. The van der Waals surface area contributed by atoms with Gasteiger partial charge in [0.15, 0.2) is 10.8 Å². The maximum absolute atomic E-state index is 12.8. The van der Waals surface area contributed by atoms with Crippen LogP contribution in [0.4, 0.5) is 0 Å². The van der Waals surface area contributed by atoms with Crippen LogP contribution in [0.5, 0.6) is 0 Å². The van der Waals surface area contributed by atoms with Gasteiger partial charge in [0.25, 0.3) is 5.91 Å². The van der Waals surface area contributed by atoms with E-state index in [0.717, 1.165) is 42.0 Å². The average Bonchev–Trinajstić information content (AvgIpc) is 3.20. The molecule has 0 saturated carbocycles. The number of fused-ring (bicyclic) bond motifs is 1. The van der Waals surface area contributed by atoms with Crippen LogP contribution in [0.15, 0.2) is 22.9 Å². The summed E-state index contributed by atoms with van der Waals surface area (Å²) in [5.41, 5.74) is 0.779. The van der Waals surface area contributed by atoms with Gasteiger partial charge in [0.2, 0.25) is 5.89 Å². The van der Waals surface area contributed by atoms with Crippen LogP contribution in [0, 0.1) is 12.8 Å². The molecule has 0 bridgehead atoms. The van der Waals surface area contributed by atoms with Crippen LogP contribution in [-0.2, 0) is 6.42 Å². The minimum absolute atomic E-state index is 0.00741. The number of aromatic nitrogens is 4. The van der Waals surface area contributed by atoms with Crippen molar-refractivity contribution < 1.29 is 9.32 Å². The summed E-state index contributed by atoms with van der Waals surface area (Å²) in [4.78, 5) is 28.4. The van der Waals surface area contributed by atoms with Crippen molar-refractivity contribution in [2.24, 2.45) is 5.92 Å². The fraction of sp³-hybridized carbons (Fsp3) is 0.438. The first kappa shape index (κ1) is 15.2. The van der Waals surface area contributed by atoms with Crippen LogP contribution in [0.3, 0.4) is 0 Å².